The maximum atomic E-state index is 14.3. The van der Waals surface area contributed by atoms with E-state index in [9.17, 15) is 14.4 Å². The lowest BCUT2D eigenvalue weighted by Crippen LogP contribution is -2.59. The first-order chi connectivity index (χ1) is 27.6. The molecular formula is C41H49Cl2N9O5. The van der Waals surface area contributed by atoms with E-state index in [0.717, 1.165) is 49.2 Å². The predicted molar refractivity (Wildman–Crippen MR) is 217 cm³/mol. The Morgan fingerprint density at radius 2 is 1.65 bits per heavy atom. The van der Waals surface area contributed by atoms with Crippen LogP contribution in [0.3, 0.4) is 0 Å². The number of nitrogens with zero attached hydrogens (tertiary/aromatic N) is 8. The number of piperidine rings is 1. The number of aromatic nitrogens is 1. The number of piperazine rings is 1. The van der Waals surface area contributed by atoms with Gasteiger partial charge in [0, 0.05) is 57.1 Å². The lowest BCUT2D eigenvalue weighted by Gasteiger charge is -2.43. The normalized spacial score (nSPS) is 22.5. The highest BCUT2D eigenvalue weighted by Gasteiger charge is 2.46. The number of carbonyl (C=O) groups excluding carboxylic acids is 3. The number of pyridine rings is 1. The zero-order chi connectivity index (χ0) is 40.0. The summed E-state index contributed by atoms with van der Waals surface area (Å²) < 4.78 is 10.8. The van der Waals surface area contributed by atoms with E-state index in [-0.39, 0.29) is 35.8 Å². The molecule has 0 saturated carbocycles. The molecule has 302 valence electrons. The number of benzene rings is 2. The fourth-order valence-corrected chi connectivity index (χ4v) is 8.87. The molecule has 2 amide bonds. The molecule has 1 aromatic heterocycles. The number of likely N-dealkylation sites (tertiary alicyclic amines) is 2. The quantitative estimate of drug-likeness (QED) is 0.227. The van der Waals surface area contributed by atoms with Gasteiger partial charge in [0.15, 0.2) is 0 Å². The molecule has 4 aliphatic heterocycles. The van der Waals surface area contributed by atoms with Crippen molar-refractivity contribution in [1.29, 1.82) is 0 Å². The van der Waals surface area contributed by atoms with Crippen molar-refractivity contribution in [3.63, 3.8) is 0 Å². The number of rotatable bonds is 13. The molecule has 2 unspecified atom stereocenters. The molecule has 3 fully saturated rings. The van der Waals surface area contributed by atoms with Gasteiger partial charge < -0.3 is 19.3 Å². The topological polar surface area (TPSA) is 145 Å². The number of hydrazine groups is 1. The van der Waals surface area contributed by atoms with Crippen LogP contribution in [0.2, 0.25) is 10.0 Å². The first kappa shape index (κ1) is 40.7. The highest BCUT2D eigenvalue weighted by atomic mass is 35.5. The van der Waals surface area contributed by atoms with Crippen LogP contribution >= 0.6 is 23.2 Å². The van der Waals surface area contributed by atoms with Crippen LogP contribution in [0.25, 0.3) is 0 Å². The summed E-state index contributed by atoms with van der Waals surface area (Å²) in [6.07, 6.45) is 7.93. The molecule has 2 aromatic carbocycles. The molecule has 2 atom stereocenters. The molecular weight excluding hydrogens is 769 g/mol. The lowest BCUT2D eigenvalue weighted by molar-refractivity contribution is -0.145. The maximum Gasteiger partial charge on any atom is 0.320 e. The minimum Gasteiger partial charge on any atom is -0.496 e. The second-order valence-corrected chi connectivity index (χ2v) is 16.0. The van der Waals surface area contributed by atoms with E-state index in [2.05, 4.69) is 35.6 Å². The Balaban J connectivity index is 1.04. The second kappa shape index (κ2) is 18.0. The van der Waals surface area contributed by atoms with Gasteiger partial charge in [-0.2, -0.15) is 5.11 Å². The number of methoxy groups -OCH3 is 1. The van der Waals surface area contributed by atoms with Gasteiger partial charge in [0.05, 0.1) is 47.5 Å². The van der Waals surface area contributed by atoms with Crippen molar-refractivity contribution in [3.05, 3.63) is 93.2 Å². The fourth-order valence-electron chi connectivity index (χ4n) is 8.57. The summed E-state index contributed by atoms with van der Waals surface area (Å²) in [7, 11) is 1.56. The minimum atomic E-state index is -0.723. The number of esters is 1. The standard InChI is InChI=1S/C41H49Cl2N9O5/c1-3-57-37(53)27-50-20-22-52(23-21-50)47-39(55)41(30-8-14-44-15-9-30)12-17-49(18-13-41)16-10-40(31-5-6-33(42)34(43)25-31)11-19-51(28-40)38(54)32-24-29(4-7-36(32)56-2)35-26-45-48-46-35/h4-9,14-15,24-26,35H,3,10-13,16-23,27-28H2,1-2H3,(H,47,55). The van der Waals surface area contributed by atoms with Crippen LogP contribution in [0.1, 0.15) is 65.7 Å². The lowest BCUT2D eigenvalue weighted by atomic mass is 9.72. The van der Waals surface area contributed by atoms with Gasteiger partial charge in [0.25, 0.3) is 5.91 Å². The molecule has 5 heterocycles. The summed E-state index contributed by atoms with van der Waals surface area (Å²) in [6.45, 7) is 8.19. The SMILES string of the molecule is CCOC(=O)CN1CCN(NC(=O)C2(c3ccncc3)CCN(CCC3(c4ccc(Cl)c(Cl)c4)CCN(C(=O)c4cc(C5C=NN=N5)ccc4OC)C3)CC2)CC1. The summed E-state index contributed by atoms with van der Waals surface area (Å²) >= 11 is 13.0. The molecule has 0 bridgehead atoms. The Hall–Kier alpha value is -4.47. The molecule has 3 saturated heterocycles. The summed E-state index contributed by atoms with van der Waals surface area (Å²) in [5.41, 5.74) is 5.41. The molecule has 14 nitrogen and oxygen atoms in total. The van der Waals surface area contributed by atoms with E-state index < -0.39 is 5.41 Å². The van der Waals surface area contributed by atoms with Crippen LogP contribution < -0.4 is 10.2 Å². The molecule has 1 N–H and O–H groups in total. The van der Waals surface area contributed by atoms with Crippen LogP contribution in [0, 0.1) is 0 Å². The number of hydrogen-bond acceptors (Lipinski definition) is 12. The van der Waals surface area contributed by atoms with Gasteiger partial charge in [-0.25, -0.2) is 5.01 Å². The Labute approximate surface area is 343 Å². The molecule has 3 aromatic rings. The van der Waals surface area contributed by atoms with Gasteiger partial charge in [-0.1, -0.05) is 35.3 Å². The third kappa shape index (κ3) is 9.00. The Morgan fingerprint density at radius 1 is 0.877 bits per heavy atom. The van der Waals surface area contributed by atoms with Gasteiger partial charge in [0.1, 0.15) is 11.8 Å². The van der Waals surface area contributed by atoms with E-state index >= 15 is 0 Å². The van der Waals surface area contributed by atoms with E-state index in [4.69, 9.17) is 32.7 Å². The maximum absolute atomic E-state index is 14.3. The smallest absolute Gasteiger partial charge is 0.320 e. The van der Waals surface area contributed by atoms with Crippen molar-refractivity contribution >= 4 is 47.2 Å². The zero-order valence-electron chi connectivity index (χ0n) is 32.4. The fraction of sp³-hybridized carbons (Fsp3) is 0.488. The number of hydrogen-bond donors (Lipinski definition) is 1. The molecule has 0 aliphatic carbocycles. The average Bonchev–Trinajstić information content (AvgIpc) is 3.94. The summed E-state index contributed by atoms with van der Waals surface area (Å²) in [4.78, 5) is 51.2. The van der Waals surface area contributed by atoms with Gasteiger partial charge >= 0.3 is 5.97 Å². The largest absolute Gasteiger partial charge is 0.496 e. The van der Waals surface area contributed by atoms with Crippen molar-refractivity contribution in [2.75, 3.05) is 79.2 Å². The summed E-state index contributed by atoms with van der Waals surface area (Å²) in [6, 6.07) is 14.9. The van der Waals surface area contributed by atoms with Crippen molar-refractivity contribution < 1.29 is 23.9 Å². The van der Waals surface area contributed by atoms with Gasteiger partial charge in [-0.3, -0.25) is 29.7 Å². The van der Waals surface area contributed by atoms with Crippen LogP contribution in [-0.4, -0.2) is 128 Å². The molecule has 4 aliphatic rings. The molecule has 16 heteroatoms. The highest BCUT2D eigenvalue weighted by Crippen LogP contribution is 2.42. The number of nitrogens with one attached hydrogen (secondary N) is 1. The Morgan fingerprint density at radius 3 is 2.33 bits per heavy atom. The molecule has 57 heavy (non-hydrogen) atoms. The number of amides is 2. The van der Waals surface area contributed by atoms with Crippen LogP contribution in [0.15, 0.2) is 76.4 Å². The molecule has 0 spiro atoms. The van der Waals surface area contributed by atoms with Crippen LogP contribution in [-0.2, 0) is 25.2 Å². The number of halogens is 2. The summed E-state index contributed by atoms with van der Waals surface area (Å²) in [5.74, 6) is 0.126. The second-order valence-electron chi connectivity index (χ2n) is 15.2. The monoisotopic (exact) mass is 817 g/mol. The minimum absolute atomic E-state index is 0.0211. The number of ether oxygens (including phenoxy) is 2. The van der Waals surface area contributed by atoms with E-state index in [1.165, 1.54) is 0 Å². The van der Waals surface area contributed by atoms with Crippen molar-refractivity contribution in [3.8, 4) is 5.75 Å². The van der Waals surface area contributed by atoms with Crippen LogP contribution in [0.5, 0.6) is 5.75 Å². The predicted octanol–water partition coefficient (Wildman–Crippen LogP) is 5.31. The van der Waals surface area contributed by atoms with Gasteiger partial charge in [0.2, 0.25) is 5.91 Å². The third-order valence-electron chi connectivity index (χ3n) is 12.0. The van der Waals surface area contributed by atoms with Gasteiger partial charge in [-0.15, -0.1) is 5.10 Å². The zero-order valence-corrected chi connectivity index (χ0v) is 33.9. The Kier molecular flexibility index (Phi) is 12.8. The molecule has 0 radical (unpaired) electrons. The van der Waals surface area contributed by atoms with E-state index in [0.29, 0.717) is 80.1 Å². The average molecular weight is 819 g/mol. The Bertz CT molecular complexity index is 1970. The van der Waals surface area contributed by atoms with Crippen molar-refractivity contribution in [1.82, 2.24) is 30.1 Å². The first-order valence-corrected chi connectivity index (χ1v) is 20.3. The third-order valence-corrected chi connectivity index (χ3v) is 12.7. The van der Waals surface area contributed by atoms with E-state index in [1.807, 2.05) is 52.4 Å². The van der Waals surface area contributed by atoms with Crippen LogP contribution in [0.4, 0.5) is 0 Å². The van der Waals surface area contributed by atoms with E-state index in [1.54, 1.807) is 38.7 Å². The van der Waals surface area contributed by atoms with Gasteiger partial charge in [-0.05, 0) is 111 Å². The van der Waals surface area contributed by atoms with Crippen molar-refractivity contribution in [2.45, 2.75) is 49.5 Å². The molecule has 7 rings (SSSR count). The first-order valence-electron chi connectivity index (χ1n) is 19.6. The van der Waals surface area contributed by atoms with Crippen molar-refractivity contribution in [2.24, 2.45) is 15.4 Å². The number of carbonyl (C=O) groups is 3. The summed E-state index contributed by atoms with van der Waals surface area (Å²) in [5, 5.41) is 14.7. The highest BCUT2D eigenvalue weighted by molar-refractivity contribution is 6.42.